The van der Waals surface area contributed by atoms with Gasteiger partial charge < -0.3 is 4.74 Å². The van der Waals surface area contributed by atoms with E-state index in [1.54, 1.807) is 0 Å². The highest BCUT2D eigenvalue weighted by molar-refractivity contribution is 6.02. The predicted molar refractivity (Wildman–Crippen MR) is 99.5 cm³/mol. The van der Waals surface area contributed by atoms with Gasteiger partial charge in [-0.1, -0.05) is 60.2 Å². The van der Waals surface area contributed by atoms with Gasteiger partial charge in [0.05, 0.1) is 18.7 Å². The van der Waals surface area contributed by atoms with Crippen molar-refractivity contribution in [3.05, 3.63) is 71.3 Å². The maximum Gasteiger partial charge on any atom is 0.306 e. The average Bonchev–Trinajstić information content (AvgIpc) is 3.15. The molecule has 0 saturated heterocycles. The van der Waals surface area contributed by atoms with Crippen LogP contribution in [0.15, 0.2) is 59.7 Å². The third kappa shape index (κ3) is 4.79. The number of carbonyl (C=O) groups is 2. The summed E-state index contributed by atoms with van der Waals surface area (Å²) in [6, 6.07) is 17.6. The van der Waals surface area contributed by atoms with Gasteiger partial charge >= 0.3 is 5.97 Å². The molecule has 0 aromatic heterocycles. The van der Waals surface area contributed by atoms with Crippen LogP contribution >= 0.6 is 0 Å². The number of carbonyl (C=O) groups excluding carboxylic acids is 2. The molecular weight excluding hydrogens is 328 g/mol. The van der Waals surface area contributed by atoms with Gasteiger partial charge in [0.25, 0.3) is 0 Å². The lowest BCUT2D eigenvalue weighted by Gasteiger charge is -2.11. The average molecular weight is 350 g/mol. The van der Waals surface area contributed by atoms with E-state index in [4.69, 9.17) is 4.74 Å². The van der Waals surface area contributed by atoms with E-state index in [1.165, 1.54) is 5.01 Å². The first kappa shape index (κ1) is 17.9. The minimum Gasteiger partial charge on any atom is -0.461 e. The van der Waals surface area contributed by atoms with Crippen molar-refractivity contribution < 1.29 is 14.3 Å². The molecule has 0 saturated carbocycles. The minimum absolute atomic E-state index is 0.0668. The Balaban J connectivity index is 1.45. The minimum atomic E-state index is -0.369. The van der Waals surface area contributed by atoms with Crippen LogP contribution in [-0.2, 0) is 20.9 Å². The van der Waals surface area contributed by atoms with Crippen molar-refractivity contribution in [2.75, 3.05) is 6.54 Å². The number of hydrazone groups is 1. The summed E-state index contributed by atoms with van der Waals surface area (Å²) in [5, 5.41) is 5.84. The van der Waals surface area contributed by atoms with E-state index in [0.717, 1.165) is 28.8 Å². The van der Waals surface area contributed by atoms with Gasteiger partial charge in [0, 0.05) is 12.8 Å². The van der Waals surface area contributed by atoms with E-state index in [0.29, 0.717) is 6.54 Å². The molecule has 5 nitrogen and oxygen atoms in total. The fraction of sp³-hybridized carbons (Fsp3) is 0.286. The third-order valence-corrected chi connectivity index (χ3v) is 4.22. The van der Waals surface area contributed by atoms with E-state index >= 15 is 0 Å². The highest BCUT2D eigenvalue weighted by Gasteiger charge is 2.22. The second-order valence-corrected chi connectivity index (χ2v) is 6.33. The lowest BCUT2D eigenvalue weighted by Crippen LogP contribution is -2.24. The molecule has 0 atom stereocenters. The fourth-order valence-electron chi connectivity index (χ4n) is 2.85. The molecule has 2 aromatic rings. The molecule has 1 aliphatic rings. The summed E-state index contributed by atoms with van der Waals surface area (Å²) >= 11 is 0. The number of benzene rings is 2. The molecule has 2 aromatic carbocycles. The number of amides is 1. The topological polar surface area (TPSA) is 59.0 Å². The summed E-state index contributed by atoms with van der Waals surface area (Å²) in [5.74, 6) is -0.519. The third-order valence-electron chi connectivity index (χ3n) is 4.22. The fourth-order valence-corrected chi connectivity index (χ4v) is 2.85. The summed E-state index contributed by atoms with van der Waals surface area (Å²) in [6.07, 6.45) is 0.906. The van der Waals surface area contributed by atoms with Gasteiger partial charge in [-0.05, 0) is 18.1 Å². The van der Waals surface area contributed by atoms with Gasteiger partial charge in [-0.15, -0.1) is 0 Å². The lowest BCUT2D eigenvalue weighted by atomic mass is 10.1. The molecule has 5 heteroatoms. The Morgan fingerprint density at radius 2 is 1.88 bits per heavy atom. The van der Waals surface area contributed by atoms with E-state index in [-0.39, 0.29) is 31.3 Å². The predicted octanol–water partition coefficient (Wildman–Crippen LogP) is 3.46. The molecular formula is C21H22N2O3. The molecule has 1 heterocycles. The van der Waals surface area contributed by atoms with Gasteiger partial charge in [0.15, 0.2) is 0 Å². The summed E-state index contributed by atoms with van der Waals surface area (Å²) in [6.45, 7) is 2.78. The van der Waals surface area contributed by atoms with Crippen LogP contribution in [0, 0.1) is 6.92 Å². The molecule has 0 fully saturated rings. The summed E-state index contributed by atoms with van der Waals surface area (Å²) in [5.41, 5.74) is 4.00. The Bertz CT molecular complexity index is 815. The number of hydrogen-bond donors (Lipinski definition) is 0. The number of nitrogens with zero attached hydrogens (tertiary/aromatic N) is 2. The molecule has 0 bridgehead atoms. The quantitative estimate of drug-likeness (QED) is 0.750. The normalized spacial score (nSPS) is 13.4. The van der Waals surface area contributed by atoms with Crippen LogP contribution in [0.4, 0.5) is 0 Å². The van der Waals surface area contributed by atoms with Crippen molar-refractivity contribution in [2.24, 2.45) is 5.10 Å². The Labute approximate surface area is 153 Å². The summed E-state index contributed by atoms with van der Waals surface area (Å²) in [4.78, 5) is 24.1. The van der Waals surface area contributed by atoms with Crippen LogP contribution in [-0.4, -0.2) is 29.1 Å². The molecule has 3 rings (SSSR count). The van der Waals surface area contributed by atoms with Crippen molar-refractivity contribution >= 4 is 17.6 Å². The Kier molecular flexibility index (Phi) is 5.79. The van der Waals surface area contributed by atoms with Gasteiger partial charge in [0.1, 0.15) is 6.61 Å². The highest BCUT2D eigenvalue weighted by Crippen LogP contribution is 2.15. The Hall–Kier alpha value is -2.95. The number of ether oxygens (including phenoxy) is 1. The lowest BCUT2D eigenvalue weighted by molar-refractivity contribution is -0.147. The first-order chi connectivity index (χ1) is 12.6. The van der Waals surface area contributed by atoms with Crippen molar-refractivity contribution in [3.63, 3.8) is 0 Å². The van der Waals surface area contributed by atoms with E-state index < -0.39 is 0 Å². The van der Waals surface area contributed by atoms with Crippen LogP contribution in [0.5, 0.6) is 0 Å². The largest absolute Gasteiger partial charge is 0.461 e. The van der Waals surface area contributed by atoms with Gasteiger partial charge in [-0.3, -0.25) is 9.59 Å². The van der Waals surface area contributed by atoms with E-state index in [2.05, 4.69) is 5.10 Å². The number of hydrogen-bond acceptors (Lipinski definition) is 4. The van der Waals surface area contributed by atoms with Crippen LogP contribution in [0.25, 0.3) is 0 Å². The van der Waals surface area contributed by atoms with Crippen molar-refractivity contribution in [1.29, 1.82) is 0 Å². The maximum absolute atomic E-state index is 12.3. The first-order valence-electron chi connectivity index (χ1n) is 8.76. The first-order valence-corrected chi connectivity index (χ1v) is 8.76. The molecule has 0 aliphatic carbocycles. The van der Waals surface area contributed by atoms with Gasteiger partial charge in [-0.25, -0.2) is 5.01 Å². The summed E-state index contributed by atoms with van der Waals surface area (Å²) < 4.78 is 5.24. The second kappa shape index (κ2) is 8.43. The molecule has 134 valence electrons. The van der Waals surface area contributed by atoms with E-state index in [1.807, 2.05) is 61.5 Å². The summed E-state index contributed by atoms with van der Waals surface area (Å²) in [7, 11) is 0. The number of aryl methyl sites for hydroxylation is 1. The maximum atomic E-state index is 12.3. The molecule has 1 amide bonds. The van der Waals surface area contributed by atoms with Crippen molar-refractivity contribution in [1.82, 2.24) is 5.01 Å². The molecule has 0 unspecified atom stereocenters. The standard InChI is InChI=1S/C21H22N2O3/c1-16-6-5-7-17(14-16)15-26-21(25)11-10-20(24)23-13-12-19(22-23)18-8-3-2-4-9-18/h2-9,14H,10-13,15H2,1H3. The molecule has 0 spiro atoms. The smallest absolute Gasteiger partial charge is 0.306 e. The zero-order valence-corrected chi connectivity index (χ0v) is 14.9. The monoisotopic (exact) mass is 350 g/mol. The Morgan fingerprint density at radius 3 is 2.65 bits per heavy atom. The second-order valence-electron chi connectivity index (χ2n) is 6.33. The zero-order valence-electron chi connectivity index (χ0n) is 14.9. The number of esters is 1. The van der Waals surface area contributed by atoms with E-state index in [9.17, 15) is 9.59 Å². The van der Waals surface area contributed by atoms with Crippen LogP contribution in [0.1, 0.15) is 36.0 Å². The van der Waals surface area contributed by atoms with Crippen LogP contribution in [0.2, 0.25) is 0 Å². The molecule has 1 aliphatic heterocycles. The van der Waals surface area contributed by atoms with Crippen molar-refractivity contribution in [3.8, 4) is 0 Å². The molecule has 26 heavy (non-hydrogen) atoms. The molecule has 0 radical (unpaired) electrons. The van der Waals surface area contributed by atoms with Crippen LogP contribution < -0.4 is 0 Å². The van der Waals surface area contributed by atoms with Crippen molar-refractivity contribution in [2.45, 2.75) is 32.8 Å². The van der Waals surface area contributed by atoms with Crippen LogP contribution in [0.3, 0.4) is 0 Å². The molecule has 0 N–H and O–H groups in total. The highest BCUT2D eigenvalue weighted by atomic mass is 16.5. The Morgan fingerprint density at radius 1 is 1.08 bits per heavy atom. The van der Waals surface area contributed by atoms with Gasteiger partial charge in [-0.2, -0.15) is 5.10 Å². The van der Waals surface area contributed by atoms with Gasteiger partial charge in [0.2, 0.25) is 5.91 Å². The SMILES string of the molecule is Cc1cccc(COC(=O)CCC(=O)N2CCC(c3ccccc3)=N2)c1. The number of rotatable bonds is 6. The zero-order chi connectivity index (χ0) is 18.4.